The topological polar surface area (TPSA) is 27.7 Å². The Kier molecular flexibility index (Phi) is 10.2. The Labute approximate surface area is 227 Å². The number of unbranched alkanes of at least 4 members (excludes halogenated alkanes) is 5. The molecule has 1 heterocycles. The molecule has 0 radical (unpaired) electrons. The number of hydrogen-bond acceptors (Lipinski definition) is 3. The van der Waals surface area contributed by atoms with Crippen LogP contribution in [0, 0.1) is 23.3 Å². The third-order valence-electron chi connectivity index (χ3n) is 6.98. The molecule has 3 nitrogen and oxygen atoms in total. The molecule has 1 aliphatic rings. The van der Waals surface area contributed by atoms with Gasteiger partial charge in [0.1, 0.15) is 0 Å². The summed E-state index contributed by atoms with van der Waals surface area (Å²) < 4.78 is 75.9. The average molecular weight is 543 g/mol. The second-order valence-electron chi connectivity index (χ2n) is 9.73. The molecule has 3 aromatic carbocycles. The summed E-state index contributed by atoms with van der Waals surface area (Å²) in [6, 6.07) is 12.1. The van der Waals surface area contributed by atoms with Gasteiger partial charge >= 0.3 is 0 Å². The predicted molar refractivity (Wildman–Crippen MR) is 145 cm³/mol. The van der Waals surface area contributed by atoms with E-state index in [1.54, 1.807) is 24.3 Å². The first-order chi connectivity index (χ1) is 18.9. The lowest BCUT2D eigenvalue weighted by molar-refractivity contribution is -0.159. The van der Waals surface area contributed by atoms with Crippen LogP contribution >= 0.6 is 0 Å². The molecule has 0 aromatic heterocycles. The van der Waals surface area contributed by atoms with Gasteiger partial charge in [-0.1, -0.05) is 82.0 Å². The molecule has 7 heteroatoms. The summed E-state index contributed by atoms with van der Waals surface area (Å²) in [6.07, 6.45) is 7.35. The van der Waals surface area contributed by atoms with Gasteiger partial charge in [-0.2, -0.15) is 4.39 Å². The normalized spacial score (nSPS) is 17.3. The average Bonchev–Trinajstić information content (AvgIpc) is 2.96. The van der Waals surface area contributed by atoms with Crippen molar-refractivity contribution in [1.29, 1.82) is 0 Å². The van der Waals surface area contributed by atoms with Crippen LogP contribution in [0.5, 0.6) is 5.75 Å². The van der Waals surface area contributed by atoms with Gasteiger partial charge in [-0.25, -0.2) is 13.2 Å². The highest BCUT2D eigenvalue weighted by Gasteiger charge is 2.26. The van der Waals surface area contributed by atoms with Crippen LogP contribution in [0.2, 0.25) is 0 Å². The fraction of sp³-hybridized carbons (Fsp3) is 0.375. The number of benzene rings is 3. The van der Waals surface area contributed by atoms with Crippen molar-refractivity contribution in [2.75, 3.05) is 19.8 Å². The second-order valence-corrected chi connectivity index (χ2v) is 9.73. The molecule has 0 unspecified atom stereocenters. The van der Waals surface area contributed by atoms with Crippen molar-refractivity contribution in [3.05, 3.63) is 90.0 Å². The van der Waals surface area contributed by atoms with Crippen LogP contribution in [0.4, 0.5) is 17.6 Å². The standard InChI is InChI=1S/C32H34F4O3/c1-3-5-6-7-8-9-18-37-27-17-16-25(31(35)32(27)36)22-12-10-21(11-13-22)24-14-15-26(30(34)29(24)33)23-19-38-28(4-2)39-20-23/h4,10-17,23,28H,2-3,5-9,18-20H2,1H3. The molecule has 0 N–H and O–H groups in total. The van der Waals surface area contributed by atoms with E-state index in [1.807, 2.05) is 0 Å². The van der Waals surface area contributed by atoms with Crippen molar-refractivity contribution < 1.29 is 31.8 Å². The Morgan fingerprint density at radius 1 is 0.744 bits per heavy atom. The van der Waals surface area contributed by atoms with Gasteiger partial charge < -0.3 is 14.2 Å². The van der Waals surface area contributed by atoms with Gasteiger partial charge in [0.15, 0.2) is 29.5 Å². The molecule has 0 amide bonds. The monoisotopic (exact) mass is 542 g/mol. The summed E-state index contributed by atoms with van der Waals surface area (Å²) >= 11 is 0. The molecule has 0 aliphatic carbocycles. The largest absolute Gasteiger partial charge is 0.490 e. The molecule has 3 aromatic rings. The molecule has 0 saturated carbocycles. The first-order valence-electron chi connectivity index (χ1n) is 13.5. The molecule has 0 atom stereocenters. The number of hydrogen-bond donors (Lipinski definition) is 0. The Morgan fingerprint density at radius 3 is 1.92 bits per heavy atom. The van der Waals surface area contributed by atoms with E-state index < -0.39 is 35.5 Å². The van der Waals surface area contributed by atoms with Crippen LogP contribution in [-0.4, -0.2) is 26.1 Å². The molecule has 1 fully saturated rings. The van der Waals surface area contributed by atoms with Gasteiger partial charge in [0.25, 0.3) is 0 Å². The third kappa shape index (κ3) is 6.89. The Hall–Kier alpha value is -3.16. The second kappa shape index (κ2) is 13.8. The third-order valence-corrected chi connectivity index (χ3v) is 6.98. The van der Waals surface area contributed by atoms with Gasteiger partial charge in [0, 0.05) is 17.0 Å². The van der Waals surface area contributed by atoms with Crippen molar-refractivity contribution in [2.24, 2.45) is 0 Å². The van der Waals surface area contributed by atoms with Crippen LogP contribution in [0.15, 0.2) is 61.2 Å². The maximum Gasteiger partial charge on any atom is 0.201 e. The maximum absolute atomic E-state index is 15.0. The fourth-order valence-corrected chi connectivity index (χ4v) is 4.70. The molecule has 1 saturated heterocycles. The number of rotatable bonds is 12. The predicted octanol–water partition coefficient (Wildman–Crippen LogP) is 8.96. The molecule has 0 spiro atoms. The van der Waals surface area contributed by atoms with E-state index in [-0.39, 0.29) is 35.7 Å². The molecule has 4 rings (SSSR count). The Bertz CT molecular complexity index is 1250. The highest BCUT2D eigenvalue weighted by molar-refractivity contribution is 5.72. The SMILES string of the molecule is C=CC1OCC(c2ccc(-c3ccc(-c4ccc(OCCCCCCCC)c(F)c4F)cc3)c(F)c2F)CO1. The molecule has 39 heavy (non-hydrogen) atoms. The van der Waals surface area contributed by atoms with E-state index in [1.165, 1.54) is 49.6 Å². The minimum atomic E-state index is -1.04. The van der Waals surface area contributed by atoms with Crippen LogP contribution < -0.4 is 4.74 Å². The molecular formula is C32H34F4O3. The van der Waals surface area contributed by atoms with Gasteiger partial charge in [-0.15, -0.1) is 0 Å². The zero-order chi connectivity index (χ0) is 27.8. The maximum atomic E-state index is 15.0. The summed E-state index contributed by atoms with van der Waals surface area (Å²) in [7, 11) is 0. The summed E-state index contributed by atoms with van der Waals surface area (Å²) in [4.78, 5) is 0. The van der Waals surface area contributed by atoms with Crippen molar-refractivity contribution in [2.45, 2.75) is 57.7 Å². The quantitative estimate of drug-likeness (QED) is 0.130. The lowest BCUT2D eigenvalue weighted by Gasteiger charge is -2.28. The Morgan fingerprint density at radius 2 is 1.31 bits per heavy atom. The Balaban J connectivity index is 1.43. The van der Waals surface area contributed by atoms with E-state index in [2.05, 4.69) is 13.5 Å². The van der Waals surface area contributed by atoms with Gasteiger partial charge in [-0.3, -0.25) is 0 Å². The van der Waals surface area contributed by atoms with E-state index in [4.69, 9.17) is 14.2 Å². The summed E-state index contributed by atoms with van der Waals surface area (Å²) in [6.45, 7) is 6.45. The van der Waals surface area contributed by atoms with Gasteiger partial charge in [0.05, 0.1) is 19.8 Å². The number of ether oxygens (including phenoxy) is 3. The minimum absolute atomic E-state index is 0.0584. The van der Waals surface area contributed by atoms with Crippen molar-refractivity contribution >= 4 is 0 Å². The zero-order valence-electron chi connectivity index (χ0n) is 22.2. The zero-order valence-corrected chi connectivity index (χ0v) is 22.2. The van der Waals surface area contributed by atoms with Crippen LogP contribution in [0.1, 0.15) is 56.9 Å². The highest BCUT2D eigenvalue weighted by atomic mass is 19.2. The van der Waals surface area contributed by atoms with E-state index in [0.29, 0.717) is 17.7 Å². The number of halogens is 4. The van der Waals surface area contributed by atoms with E-state index >= 15 is 4.39 Å². The lowest BCUT2D eigenvalue weighted by Crippen LogP contribution is -2.30. The van der Waals surface area contributed by atoms with E-state index in [9.17, 15) is 13.2 Å². The first-order valence-corrected chi connectivity index (χ1v) is 13.5. The van der Waals surface area contributed by atoms with Crippen molar-refractivity contribution in [3.8, 4) is 28.0 Å². The minimum Gasteiger partial charge on any atom is -0.490 e. The molecule has 208 valence electrons. The molecular weight excluding hydrogens is 508 g/mol. The molecule has 0 bridgehead atoms. The summed E-state index contributed by atoms with van der Waals surface area (Å²) in [5, 5.41) is 0. The molecule has 1 aliphatic heterocycles. The highest BCUT2D eigenvalue weighted by Crippen LogP contribution is 2.34. The van der Waals surface area contributed by atoms with Crippen molar-refractivity contribution in [3.63, 3.8) is 0 Å². The smallest absolute Gasteiger partial charge is 0.201 e. The lowest BCUT2D eigenvalue weighted by atomic mass is 9.94. The van der Waals surface area contributed by atoms with Crippen LogP contribution in [0.3, 0.4) is 0 Å². The van der Waals surface area contributed by atoms with Gasteiger partial charge in [0.2, 0.25) is 5.82 Å². The fourth-order valence-electron chi connectivity index (χ4n) is 4.70. The van der Waals surface area contributed by atoms with Crippen molar-refractivity contribution in [1.82, 2.24) is 0 Å². The van der Waals surface area contributed by atoms with Gasteiger partial charge in [-0.05, 0) is 41.3 Å². The summed E-state index contributed by atoms with van der Waals surface area (Å²) in [5.74, 6) is -4.57. The van der Waals surface area contributed by atoms with E-state index in [0.717, 1.165) is 19.3 Å². The summed E-state index contributed by atoms with van der Waals surface area (Å²) in [5.41, 5.74) is 1.11. The van der Waals surface area contributed by atoms with Crippen LogP contribution in [0.25, 0.3) is 22.3 Å². The first kappa shape index (κ1) is 28.8. The van der Waals surface area contributed by atoms with Crippen LogP contribution in [-0.2, 0) is 9.47 Å².